The molecule has 0 heterocycles. The van der Waals surface area contributed by atoms with Crippen molar-refractivity contribution in [1.29, 1.82) is 0 Å². The molecule has 18 heavy (non-hydrogen) atoms. The molecule has 0 aromatic heterocycles. The molecule has 0 saturated carbocycles. The van der Waals surface area contributed by atoms with Crippen molar-refractivity contribution >= 4 is 11.6 Å². The molecule has 0 fully saturated rings. The van der Waals surface area contributed by atoms with Gasteiger partial charge in [-0.05, 0) is 30.4 Å². The number of hydrogen-bond acceptors (Lipinski definition) is 1. The largest absolute Gasteiger partial charge is 0.411 e. The van der Waals surface area contributed by atoms with Gasteiger partial charge in [-0.3, -0.25) is 0 Å². The Morgan fingerprint density at radius 1 is 1.28 bits per heavy atom. The van der Waals surface area contributed by atoms with Gasteiger partial charge in [0.2, 0.25) is 0 Å². The molecule has 0 aliphatic carbocycles. The van der Waals surface area contributed by atoms with E-state index >= 15 is 0 Å². The van der Waals surface area contributed by atoms with E-state index in [-0.39, 0.29) is 18.4 Å². The molecule has 1 atom stereocenters. The van der Waals surface area contributed by atoms with Crippen molar-refractivity contribution in [2.24, 2.45) is 5.92 Å². The average molecular weight is 281 g/mol. The Morgan fingerprint density at radius 2 is 1.94 bits per heavy atom. The highest BCUT2D eigenvalue weighted by Gasteiger charge is 2.27. The van der Waals surface area contributed by atoms with E-state index in [4.69, 9.17) is 11.6 Å². The van der Waals surface area contributed by atoms with Crippen molar-refractivity contribution in [1.82, 2.24) is 0 Å². The molecule has 102 valence electrons. The van der Waals surface area contributed by atoms with Gasteiger partial charge in [-0.2, -0.15) is 13.2 Å². The Kier molecular flexibility index (Phi) is 5.96. The summed E-state index contributed by atoms with van der Waals surface area (Å²) in [6, 6.07) is 7.76. The van der Waals surface area contributed by atoms with Gasteiger partial charge >= 0.3 is 6.18 Å². The molecule has 0 N–H and O–H groups in total. The third kappa shape index (κ3) is 5.74. The summed E-state index contributed by atoms with van der Waals surface area (Å²) in [5.41, 5.74) is 2.21. The third-order valence-electron chi connectivity index (χ3n) is 2.61. The predicted molar refractivity (Wildman–Crippen MR) is 66.0 cm³/mol. The molecule has 0 spiro atoms. The van der Waals surface area contributed by atoms with Crippen LogP contribution < -0.4 is 0 Å². The Labute approximate surface area is 110 Å². The van der Waals surface area contributed by atoms with Gasteiger partial charge in [-0.15, -0.1) is 11.6 Å². The summed E-state index contributed by atoms with van der Waals surface area (Å²) >= 11 is 5.76. The summed E-state index contributed by atoms with van der Waals surface area (Å²) in [5, 5.41) is 0. The van der Waals surface area contributed by atoms with E-state index in [9.17, 15) is 13.2 Å². The van der Waals surface area contributed by atoms with Crippen LogP contribution in [0.2, 0.25) is 0 Å². The van der Waals surface area contributed by atoms with E-state index in [1.165, 1.54) is 0 Å². The number of aryl methyl sites for hydroxylation is 1. The summed E-state index contributed by atoms with van der Waals surface area (Å²) in [5.74, 6) is 0.182. The zero-order chi connectivity index (χ0) is 13.6. The molecule has 0 saturated heterocycles. The standard InChI is InChI=1S/C13H16ClF3O/c1-10-4-2-3-5-12(10)6-11(7-14)8-18-9-13(15,16)17/h2-5,11H,6-9H2,1H3. The van der Waals surface area contributed by atoms with Crippen LogP contribution in [0.25, 0.3) is 0 Å². The SMILES string of the molecule is Cc1ccccc1CC(CCl)COCC(F)(F)F. The van der Waals surface area contributed by atoms with Gasteiger partial charge in [-0.1, -0.05) is 24.3 Å². The molecule has 1 rings (SSSR count). The minimum atomic E-state index is -4.28. The fraction of sp³-hybridized carbons (Fsp3) is 0.538. The van der Waals surface area contributed by atoms with Gasteiger partial charge in [0.05, 0.1) is 6.61 Å². The first kappa shape index (κ1) is 15.3. The quantitative estimate of drug-likeness (QED) is 0.717. The average Bonchev–Trinajstić information content (AvgIpc) is 2.29. The van der Waals surface area contributed by atoms with E-state index in [0.29, 0.717) is 6.42 Å². The number of alkyl halides is 4. The Balaban J connectivity index is 2.45. The highest BCUT2D eigenvalue weighted by Crippen LogP contribution is 2.18. The minimum absolute atomic E-state index is 0.0251. The van der Waals surface area contributed by atoms with Crippen LogP contribution in [-0.2, 0) is 11.2 Å². The molecule has 0 radical (unpaired) electrons. The molecule has 0 aliphatic heterocycles. The van der Waals surface area contributed by atoms with Gasteiger partial charge in [0.1, 0.15) is 6.61 Å². The molecule has 1 nitrogen and oxygen atoms in total. The number of ether oxygens (including phenoxy) is 1. The van der Waals surface area contributed by atoms with Crippen LogP contribution in [0, 0.1) is 12.8 Å². The normalized spacial score (nSPS) is 13.6. The van der Waals surface area contributed by atoms with Crippen LogP contribution >= 0.6 is 11.6 Å². The van der Waals surface area contributed by atoms with Crippen LogP contribution in [0.4, 0.5) is 13.2 Å². The van der Waals surface area contributed by atoms with Crippen LogP contribution in [-0.4, -0.2) is 25.3 Å². The van der Waals surface area contributed by atoms with Crippen molar-refractivity contribution in [2.75, 3.05) is 19.1 Å². The summed E-state index contributed by atoms with van der Waals surface area (Å²) in [4.78, 5) is 0. The second-order valence-electron chi connectivity index (χ2n) is 4.28. The van der Waals surface area contributed by atoms with Crippen LogP contribution in [0.5, 0.6) is 0 Å². The molecule has 0 bridgehead atoms. The second-order valence-corrected chi connectivity index (χ2v) is 4.59. The fourth-order valence-corrected chi connectivity index (χ4v) is 1.85. The summed E-state index contributed by atoms with van der Waals surface area (Å²) in [6.45, 7) is 0.780. The van der Waals surface area contributed by atoms with Gasteiger partial charge in [-0.25, -0.2) is 0 Å². The lowest BCUT2D eigenvalue weighted by Gasteiger charge is -2.16. The van der Waals surface area contributed by atoms with Crippen LogP contribution in [0.3, 0.4) is 0 Å². The number of benzene rings is 1. The van der Waals surface area contributed by atoms with Crippen molar-refractivity contribution in [2.45, 2.75) is 19.5 Å². The maximum Gasteiger partial charge on any atom is 0.411 e. The Bertz CT molecular complexity index is 365. The maximum absolute atomic E-state index is 11.9. The summed E-state index contributed by atoms with van der Waals surface area (Å²) in [6.07, 6.45) is -3.65. The molecule has 1 unspecified atom stereocenters. The monoisotopic (exact) mass is 280 g/mol. The van der Waals surface area contributed by atoms with Crippen LogP contribution in [0.1, 0.15) is 11.1 Å². The van der Waals surface area contributed by atoms with Gasteiger partial charge in [0.15, 0.2) is 0 Å². The van der Waals surface area contributed by atoms with E-state index in [0.717, 1.165) is 11.1 Å². The molecular formula is C13H16ClF3O. The topological polar surface area (TPSA) is 9.23 Å². The van der Waals surface area contributed by atoms with E-state index < -0.39 is 12.8 Å². The Morgan fingerprint density at radius 3 is 2.50 bits per heavy atom. The second kappa shape index (κ2) is 7.00. The van der Waals surface area contributed by atoms with Crippen molar-refractivity contribution in [3.63, 3.8) is 0 Å². The molecule has 0 aliphatic rings. The zero-order valence-electron chi connectivity index (χ0n) is 10.1. The predicted octanol–water partition coefficient (Wildman–Crippen LogP) is 3.97. The van der Waals surface area contributed by atoms with Gasteiger partial charge < -0.3 is 4.74 Å². The number of halogens is 4. The first-order valence-electron chi connectivity index (χ1n) is 5.67. The lowest BCUT2D eigenvalue weighted by atomic mass is 9.98. The first-order valence-corrected chi connectivity index (χ1v) is 6.21. The first-order chi connectivity index (χ1) is 8.42. The third-order valence-corrected chi connectivity index (χ3v) is 3.04. The molecule has 1 aromatic rings. The van der Waals surface area contributed by atoms with E-state index in [1.54, 1.807) is 0 Å². The minimum Gasteiger partial charge on any atom is -0.372 e. The van der Waals surface area contributed by atoms with Crippen molar-refractivity contribution < 1.29 is 17.9 Å². The summed E-state index contributed by atoms with van der Waals surface area (Å²) in [7, 11) is 0. The maximum atomic E-state index is 11.9. The highest BCUT2D eigenvalue weighted by atomic mass is 35.5. The lowest BCUT2D eigenvalue weighted by molar-refractivity contribution is -0.176. The van der Waals surface area contributed by atoms with Gasteiger partial charge in [0, 0.05) is 5.88 Å². The molecule has 5 heteroatoms. The van der Waals surface area contributed by atoms with Crippen molar-refractivity contribution in [3.8, 4) is 0 Å². The summed E-state index contributed by atoms with van der Waals surface area (Å²) < 4.78 is 40.5. The van der Waals surface area contributed by atoms with Crippen molar-refractivity contribution in [3.05, 3.63) is 35.4 Å². The lowest BCUT2D eigenvalue weighted by Crippen LogP contribution is -2.22. The molecule has 0 amide bonds. The number of hydrogen-bond donors (Lipinski definition) is 0. The molecule has 1 aromatic carbocycles. The van der Waals surface area contributed by atoms with Crippen LogP contribution in [0.15, 0.2) is 24.3 Å². The Hall–Kier alpha value is -0.740. The zero-order valence-corrected chi connectivity index (χ0v) is 10.9. The fourth-order valence-electron chi connectivity index (χ4n) is 1.65. The van der Waals surface area contributed by atoms with E-state index in [2.05, 4.69) is 4.74 Å². The van der Waals surface area contributed by atoms with Gasteiger partial charge in [0.25, 0.3) is 0 Å². The highest BCUT2D eigenvalue weighted by molar-refractivity contribution is 6.18. The number of rotatable bonds is 6. The van der Waals surface area contributed by atoms with E-state index in [1.807, 2.05) is 31.2 Å². The smallest absolute Gasteiger partial charge is 0.372 e. The molecular weight excluding hydrogens is 265 g/mol.